The van der Waals surface area contributed by atoms with Gasteiger partial charge in [-0.3, -0.25) is 4.79 Å². The minimum absolute atomic E-state index is 0.244. The standard InChI is InChI=1S/C24H25F3N2O5/c1-23(2,3)19(21(31)32)28-20(30)18(24(25,26)27)29-22(33)34-12-17-15-10-6-4-8-13(15)14-9-5-7-11-16(14)17/h4-11,17-19H,12H2,1-3H3,(H,28,30)(H,29,33)(H,31,32)/t18?,19-/m1/s1. The molecule has 10 heteroatoms. The summed E-state index contributed by atoms with van der Waals surface area (Å²) in [6, 6.07) is 10.3. The lowest BCUT2D eigenvalue weighted by Crippen LogP contribution is -2.60. The molecule has 2 aromatic carbocycles. The second-order valence-corrected chi connectivity index (χ2v) is 9.09. The maximum absolute atomic E-state index is 13.5. The van der Waals surface area contributed by atoms with Crippen molar-refractivity contribution < 1.29 is 37.4 Å². The molecule has 0 aromatic heterocycles. The number of hydrogen-bond donors (Lipinski definition) is 3. The van der Waals surface area contributed by atoms with Gasteiger partial charge in [0.15, 0.2) is 0 Å². The number of carboxylic acids is 1. The molecule has 0 fully saturated rings. The monoisotopic (exact) mass is 478 g/mol. The number of rotatable bonds is 6. The third kappa shape index (κ3) is 5.32. The minimum atomic E-state index is -5.17. The summed E-state index contributed by atoms with van der Waals surface area (Å²) in [7, 11) is 0. The molecule has 182 valence electrons. The highest BCUT2D eigenvalue weighted by atomic mass is 19.4. The van der Waals surface area contributed by atoms with Crippen LogP contribution in [0.2, 0.25) is 0 Å². The average Bonchev–Trinajstić information content (AvgIpc) is 3.06. The first-order valence-electron chi connectivity index (χ1n) is 10.5. The molecule has 0 saturated heterocycles. The van der Waals surface area contributed by atoms with E-state index in [0.717, 1.165) is 22.3 Å². The number of carbonyl (C=O) groups is 3. The molecule has 1 aliphatic rings. The normalized spacial score (nSPS) is 15.0. The third-order valence-corrected chi connectivity index (χ3v) is 5.59. The summed E-state index contributed by atoms with van der Waals surface area (Å²) in [6.45, 7) is 4.11. The van der Waals surface area contributed by atoms with Crippen LogP contribution in [0.25, 0.3) is 11.1 Å². The van der Waals surface area contributed by atoms with E-state index in [0.29, 0.717) is 0 Å². The van der Waals surface area contributed by atoms with Crippen LogP contribution in [-0.2, 0) is 14.3 Å². The maximum Gasteiger partial charge on any atom is 0.417 e. The summed E-state index contributed by atoms with van der Waals surface area (Å²) < 4.78 is 45.7. The molecular formula is C24H25F3N2O5. The number of ether oxygens (including phenoxy) is 1. The second-order valence-electron chi connectivity index (χ2n) is 9.09. The van der Waals surface area contributed by atoms with E-state index in [1.807, 2.05) is 53.8 Å². The van der Waals surface area contributed by atoms with Crippen LogP contribution in [0.5, 0.6) is 0 Å². The van der Waals surface area contributed by atoms with Gasteiger partial charge in [-0.2, -0.15) is 13.2 Å². The van der Waals surface area contributed by atoms with Gasteiger partial charge in [-0.05, 0) is 27.7 Å². The van der Waals surface area contributed by atoms with E-state index in [4.69, 9.17) is 4.74 Å². The quantitative estimate of drug-likeness (QED) is 0.581. The number of alkyl carbamates (subject to hydrolysis) is 1. The average molecular weight is 478 g/mol. The van der Waals surface area contributed by atoms with Crippen LogP contribution in [0.4, 0.5) is 18.0 Å². The lowest BCUT2D eigenvalue weighted by Gasteiger charge is -2.30. The Labute approximate surface area is 194 Å². The minimum Gasteiger partial charge on any atom is -0.480 e. The van der Waals surface area contributed by atoms with Gasteiger partial charge in [-0.25, -0.2) is 9.59 Å². The SMILES string of the molecule is CC(C)(C)[C@H](NC(=O)C(NC(=O)OCC1c2ccccc2-c2ccccc21)C(F)(F)F)C(=O)O. The van der Waals surface area contributed by atoms with Gasteiger partial charge in [0.2, 0.25) is 6.04 Å². The van der Waals surface area contributed by atoms with E-state index in [9.17, 15) is 32.7 Å². The summed E-state index contributed by atoms with van der Waals surface area (Å²) in [5.74, 6) is -3.57. The first kappa shape index (κ1) is 25.1. The summed E-state index contributed by atoms with van der Waals surface area (Å²) in [6.07, 6.45) is -6.61. The fraction of sp³-hybridized carbons (Fsp3) is 0.375. The summed E-state index contributed by atoms with van der Waals surface area (Å²) in [5, 5.41) is 12.7. The number of aliphatic carboxylic acids is 1. The molecule has 2 atom stereocenters. The first-order valence-corrected chi connectivity index (χ1v) is 10.5. The van der Waals surface area contributed by atoms with Gasteiger partial charge >= 0.3 is 18.2 Å². The molecule has 3 N–H and O–H groups in total. The number of halogens is 3. The van der Waals surface area contributed by atoms with Gasteiger partial charge in [0.05, 0.1) is 0 Å². The van der Waals surface area contributed by atoms with Crippen molar-refractivity contribution in [2.45, 2.75) is 44.9 Å². The molecule has 0 bridgehead atoms. The summed E-state index contributed by atoms with van der Waals surface area (Å²) >= 11 is 0. The van der Waals surface area contributed by atoms with E-state index in [1.165, 1.54) is 26.1 Å². The van der Waals surface area contributed by atoms with Gasteiger partial charge in [0.25, 0.3) is 5.91 Å². The third-order valence-electron chi connectivity index (χ3n) is 5.59. The fourth-order valence-electron chi connectivity index (χ4n) is 3.93. The van der Waals surface area contributed by atoms with Crippen LogP contribution in [0.3, 0.4) is 0 Å². The molecule has 0 spiro atoms. The predicted octanol–water partition coefficient (Wildman–Crippen LogP) is 4.07. The summed E-state index contributed by atoms with van der Waals surface area (Å²) in [5.41, 5.74) is 2.57. The first-order chi connectivity index (χ1) is 15.8. The molecule has 2 aromatic rings. The zero-order chi connectivity index (χ0) is 25.3. The Morgan fingerprint density at radius 2 is 1.41 bits per heavy atom. The van der Waals surface area contributed by atoms with E-state index < -0.39 is 41.6 Å². The van der Waals surface area contributed by atoms with Gasteiger partial charge in [-0.15, -0.1) is 0 Å². The van der Waals surface area contributed by atoms with Crippen LogP contribution in [0.1, 0.15) is 37.8 Å². The van der Waals surface area contributed by atoms with Crippen molar-refractivity contribution in [2.75, 3.05) is 6.61 Å². The zero-order valence-electron chi connectivity index (χ0n) is 18.8. The van der Waals surface area contributed by atoms with Crippen molar-refractivity contribution in [1.82, 2.24) is 10.6 Å². The Bertz CT molecular complexity index is 1050. The molecule has 0 aliphatic heterocycles. The van der Waals surface area contributed by atoms with E-state index in [1.54, 1.807) is 0 Å². The number of fused-ring (bicyclic) bond motifs is 3. The lowest BCUT2D eigenvalue weighted by atomic mass is 9.86. The molecule has 2 amide bonds. The molecule has 1 aliphatic carbocycles. The van der Waals surface area contributed by atoms with Gasteiger partial charge in [-0.1, -0.05) is 69.3 Å². The number of nitrogens with one attached hydrogen (secondary N) is 2. The van der Waals surface area contributed by atoms with E-state index in [2.05, 4.69) is 0 Å². The number of carboxylic acid groups (broad SMARTS) is 1. The Balaban J connectivity index is 1.72. The van der Waals surface area contributed by atoms with Crippen molar-refractivity contribution in [3.05, 3.63) is 59.7 Å². The van der Waals surface area contributed by atoms with Crippen LogP contribution < -0.4 is 10.6 Å². The van der Waals surface area contributed by atoms with Crippen LogP contribution >= 0.6 is 0 Å². The number of carbonyl (C=O) groups excluding carboxylic acids is 2. The van der Waals surface area contributed by atoms with Crippen molar-refractivity contribution in [1.29, 1.82) is 0 Å². The Kier molecular flexibility index (Phi) is 6.90. The highest BCUT2D eigenvalue weighted by Crippen LogP contribution is 2.44. The number of hydrogen-bond acceptors (Lipinski definition) is 4. The van der Waals surface area contributed by atoms with Crippen molar-refractivity contribution >= 4 is 18.0 Å². The molecule has 0 radical (unpaired) electrons. The molecule has 1 unspecified atom stereocenters. The van der Waals surface area contributed by atoms with Crippen LogP contribution in [0, 0.1) is 5.41 Å². The van der Waals surface area contributed by atoms with Crippen LogP contribution in [-0.4, -0.2) is 47.9 Å². The molecule has 0 heterocycles. The second kappa shape index (κ2) is 9.36. The largest absolute Gasteiger partial charge is 0.480 e. The summed E-state index contributed by atoms with van der Waals surface area (Å²) in [4.78, 5) is 36.0. The van der Waals surface area contributed by atoms with Gasteiger partial charge in [0.1, 0.15) is 12.6 Å². The molecule has 3 rings (SSSR count). The molecule has 34 heavy (non-hydrogen) atoms. The van der Waals surface area contributed by atoms with E-state index in [-0.39, 0.29) is 12.5 Å². The van der Waals surface area contributed by atoms with Gasteiger partial charge in [0, 0.05) is 5.92 Å². The van der Waals surface area contributed by atoms with E-state index >= 15 is 0 Å². The van der Waals surface area contributed by atoms with Crippen LogP contribution in [0.15, 0.2) is 48.5 Å². The zero-order valence-corrected chi connectivity index (χ0v) is 18.8. The Hall–Kier alpha value is -3.56. The maximum atomic E-state index is 13.5. The number of amides is 2. The van der Waals surface area contributed by atoms with Crippen molar-refractivity contribution in [3.8, 4) is 11.1 Å². The molecule has 7 nitrogen and oxygen atoms in total. The Morgan fingerprint density at radius 1 is 0.912 bits per heavy atom. The predicted molar refractivity (Wildman–Crippen MR) is 117 cm³/mol. The molecular weight excluding hydrogens is 453 g/mol. The van der Waals surface area contributed by atoms with Crippen molar-refractivity contribution in [2.24, 2.45) is 5.41 Å². The topological polar surface area (TPSA) is 105 Å². The lowest BCUT2D eigenvalue weighted by molar-refractivity contribution is -0.170. The van der Waals surface area contributed by atoms with Crippen molar-refractivity contribution in [3.63, 3.8) is 0 Å². The Morgan fingerprint density at radius 3 is 1.85 bits per heavy atom. The number of alkyl halides is 3. The smallest absolute Gasteiger partial charge is 0.417 e. The fourth-order valence-corrected chi connectivity index (χ4v) is 3.93. The number of benzene rings is 2. The molecule has 0 saturated carbocycles. The highest BCUT2D eigenvalue weighted by molar-refractivity contribution is 5.90. The highest BCUT2D eigenvalue weighted by Gasteiger charge is 2.48. The van der Waals surface area contributed by atoms with Gasteiger partial charge < -0.3 is 20.5 Å².